The number of hydrogen-bond acceptors (Lipinski definition) is 4. The van der Waals surface area contributed by atoms with Gasteiger partial charge in [0.2, 0.25) is 0 Å². The summed E-state index contributed by atoms with van der Waals surface area (Å²) in [5.41, 5.74) is 4.80. The van der Waals surface area contributed by atoms with Crippen LogP contribution in [0.15, 0.2) is 0 Å². The van der Waals surface area contributed by atoms with E-state index in [0.29, 0.717) is 0 Å². The van der Waals surface area contributed by atoms with Gasteiger partial charge >= 0.3 is 10.4 Å². The minimum atomic E-state index is -4.67. The maximum Gasteiger partial charge on any atom is 0.394 e. The Morgan fingerprint density at radius 1 is 1.60 bits per heavy atom. The van der Waals surface area contributed by atoms with E-state index < -0.39 is 10.4 Å². The highest BCUT2D eigenvalue weighted by atomic mass is 32.3. The topological polar surface area (TPSA) is 110 Å². The standard InChI is InChI=1S/C2H5NOS.H2O4S/c1-4-2(3)5;1-5(2,3)4/h1H3,(H2,3,5);(H2,1,2,3,4). The molecule has 0 rings (SSSR count). The molecule has 0 fully saturated rings. The average molecular weight is 189 g/mol. The van der Waals surface area contributed by atoms with E-state index in [0.717, 1.165) is 0 Å². The molecule has 0 aromatic rings. The van der Waals surface area contributed by atoms with Gasteiger partial charge in [0.05, 0.1) is 7.11 Å². The van der Waals surface area contributed by atoms with E-state index in [4.69, 9.17) is 23.3 Å². The van der Waals surface area contributed by atoms with Gasteiger partial charge in [-0.05, 0) is 12.2 Å². The van der Waals surface area contributed by atoms with Gasteiger partial charge in [0.1, 0.15) is 0 Å². The summed E-state index contributed by atoms with van der Waals surface area (Å²) in [6, 6.07) is 0. The van der Waals surface area contributed by atoms with Crippen molar-refractivity contribution in [2.45, 2.75) is 0 Å². The van der Waals surface area contributed by atoms with Crippen molar-refractivity contribution in [2.24, 2.45) is 5.73 Å². The van der Waals surface area contributed by atoms with E-state index in [1.807, 2.05) is 0 Å². The van der Waals surface area contributed by atoms with Gasteiger partial charge in [-0.2, -0.15) is 8.42 Å². The van der Waals surface area contributed by atoms with Gasteiger partial charge in [-0.1, -0.05) is 0 Å². The van der Waals surface area contributed by atoms with Gasteiger partial charge in [-0.25, -0.2) is 0 Å². The van der Waals surface area contributed by atoms with Crippen LogP contribution >= 0.6 is 12.2 Å². The zero-order valence-corrected chi connectivity index (χ0v) is 6.65. The minimum absolute atomic E-state index is 0.0880. The molecule has 4 N–H and O–H groups in total. The van der Waals surface area contributed by atoms with E-state index >= 15 is 0 Å². The molecule has 0 atom stereocenters. The monoisotopic (exact) mass is 189 g/mol. The molecule has 0 spiro atoms. The third-order valence-corrected chi connectivity index (χ3v) is 0.368. The largest absolute Gasteiger partial charge is 0.475 e. The fourth-order valence-electron chi connectivity index (χ4n) is 0. The van der Waals surface area contributed by atoms with E-state index in [-0.39, 0.29) is 5.17 Å². The molecule has 0 aromatic carbocycles. The molecular weight excluding hydrogens is 182 g/mol. The predicted octanol–water partition coefficient (Wildman–Crippen LogP) is -0.776. The predicted molar refractivity (Wildman–Crippen MR) is 38.0 cm³/mol. The first-order chi connectivity index (χ1) is 4.27. The third-order valence-electron chi connectivity index (χ3n) is 0.201. The lowest BCUT2D eigenvalue weighted by Crippen LogP contribution is -2.08. The molecule has 0 heterocycles. The summed E-state index contributed by atoms with van der Waals surface area (Å²) in [5.74, 6) is 0. The Hall–Kier alpha value is -0.440. The number of hydrogen-bond donors (Lipinski definition) is 3. The van der Waals surface area contributed by atoms with Crippen LogP contribution in [0.25, 0.3) is 0 Å². The van der Waals surface area contributed by atoms with Crippen molar-refractivity contribution in [2.75, 3.05) is 7.11 Å². The van der Waals surface area contributed by atoms with Crippen LogP contribution in [-0.4, -0.2) is 29.8 Å². The Bertz CT molecular complexity index is 176. The number of thiocarbonyl (C=S) groups is 1. The molecular formula is C2H7NO5S2. The van der Waals surface area contributed by atoms with Gasteiger partial charge in [0.25, 0.3) is 5.17 Å². The van der Waals surface area contributed by atoms with E-state index in [9.17, 15) is 0 Å². The second-order valence-corrected chi connectivity index (χ2v) is 2.27. The quantitative estimate of drug-likeness (QED) is 0.339. The van der Waals surface area contributed by atoms with Crippen LogP contribution in [0.3, 0.4) is 0 Å². The maximum absolute atomic E-state index is 8.74. The van der Waals surface area contributed by atoms with E-state index in [2.05, 4.69) is 17.0 Å². The van der Waals surface area contributed by atoms with Crippen LogP contribution in [0.4, 0.5) is 0 Å². The minimum Gasteiger partial charge on any atom is -0.475 e. The average Bonchev–Trinajstić information content (AvgIpc) is 1.61. The molecule has 0 saturated carbocycles. The summed E-state index contributed by atoms with van der Waals surface area (Å²) < 4.78 is 35.8. The summed E-state index contributed by atoms with van der Waals surface area (Å²) in [5, 5.41) is 0.0880. The molecule has 0 aliphatic heterocycles. The highest BCUT2D eigenvalue weighted by Gasteiger charge is 1.84. The van der Waals surface area contributed by atoms with Gasteiger partial charge < -0.3 is 10.5 Å². The number of methoxy groups -OCH3 is 1. The van der Waals surface area contributed by atoms with Gasteiger partial charge in [0, 0.05) is 0 Å². The first-order valence-electron chi connectivity index (χ1n) is 1.80. The summed E-state index contributed by atoms with van der Waals surface area (Å²) >= 11 is 4.25. The molecule has 0 amide bonds. The second-order valence-electron chi connectivity index (χ2n) is 0.971. The highest BCUT2D eigenvalue weighted by Crippen LogP contribution is 1.59. The summed E-state index contributed by atoms with van der Waals surface area (Å²) in [6.07, 6.45) is 0. The van der Waals surface area contributed by atoms with Crippen LogP contribution < -0.4 is 5.73 Å². The molecule has 0 aromatic heterocycles. The molecule has 0 aliphatic carbocycles. The lowest BCUT2D eigenvalue weighted by Gasteiger charge is -1.85. The van der Waals surface area contributed by atoms with Crippen molar-refractivity contribution in [3.8, 4) is 0 Å². The molecule has 6 nitrogen and oxygen atoms in total. The molecule has 0 bridgehead atoms. The SMILES string of the molecule is COC(N)=S.O=S(=O)(O)O. The molecule has 0 radical (unpaired) electrons. The normalized spacial score (nSPS) is 9.10. The number of ether oxygens (including phenoxy) is 1. The Morgan fingerprint density at radius 3 is 1.70 bits per heavy atom. The highest BCUT2D eigenvalue weighted by molar-refractivity contribution is 7.80. The fraction of sp³-hybridized carbons (Fsp3) is 0.500. The van der Waals surface area contributed by atoms with Gasteiger partial charge in [-0.15, -0.1) is 0 Å². The fourth-order valence-corrected chi connectivity index (χ4v) is 0. The lowest BCUT2D eigenvalue weighted by atomic mass is 11.3. The summed E-state index contributed by atoms with van der Waals surface area (Å²) in [6.45, 7) is 0. The molecule has 0 saturated heterocycles. The van der Waals surface area contributed by atoms with Gasteiger partial charge in [-0.3, -0.25) is 9.11 Å². The Labute approximate surface area is 63.6 Å². The smallest absolute Gasteiger partial charge is 0.394 e. The maximum atomic E-state index is 8.74. The molecule has 0 aliphatic rings. The molecule has 10 heavy (non-hydrogen) atoms. The van der Waals surface area contributed by atoms with Crippen molar-refractivity contribution in [3.63, 3.8) is 0 Å². The zero-order chi connectivity index (χ0) is 8.78. The molecule has 0 unspecified atom stereocenters. The number of nitrogens with two attached hydrogens (primary N) is 1. The lowest BCUT2D eigenvalue weighted by molar-refractivity contribution is 0.381. The van der Waals surface area contributed by atoms with Crippen LogP contribution in [0.1, 0.15) is 0 Å². The number of rotatable bonds is 0. The van der Waals surface area contributed by atoms with Crippen molar-refractivity contribution in [1.82, 2.24) is 0 Å². The van der Waals surface area contributed by atoms with Crippen molar-refractivity contribution in [3.05, 3.63) is 0 Å². The Morgan fingerprint density at radius 2 is 1.70 bits per heavy atom. The second kappa shape index (κ2) is 5.35. The Balaban J connectivity index is 0. The molecule has 62 valence electrons. The van der Waals surface area contributed by atoms with Crippen LogP contribution in [0, 0.1) is 0 Å². The first-order valence-corrected chi connectivity index (χ1v) is 3.61. The van der Waals surface area contributed by atoms with Crippen molar-refractivity contribution < 1.29 is 22.3 Å². The molecule has 8 heteroatoms. The summed E-state index contributed by atoms with van der Waals surface area (Å²) in [7, 11) is -3.23. The van der Waals surface area contributed by atoms with E-state index in [1.165, 1.54) is 7.11 Å². The van der Waals surface area contributed by atoms with Crippen molar-refractivity contribution >= 4 is 27.8 Å². The Kier molecular flexibility index (Phi) is 6.56. The van der Waals surface area contributed by atoms with Crippen LogP contribution in [-0.2, 0) is 15.1 Å². The first kappa shape index (κ1) is 12.3. The van der Waals surface area contributed by atoms with Crippen LogP contribution in [0.2, 0.25) is 0 Å². The summed E-state index contributed by atoms with van der Waals surface area (Å²) in [4.78, 5) is 0. The third kappa shape index (κ3) is 134. The van der Waals surface area contributed by atoms with Gasteiger partial charge in [0.15, 0.2) is 0 Å². The van der Waals surface area contributed by atoms with Crippen molar-refractivity contribution in [1.29, 1.82) is 0 Å². The zero-order valence-electron chi connectivity index (χ0n) is 5.01. The van der Waals surface area contributed by atoms with E-state index in [1.54, 1.807) is 0 Å². The van der Waals surface area contributed by atoms with Crippen LogP contribution in [0.5, 0.6) is 0 Å².